The first-order valence-electron chi connectivity index (χ1n) is 6.23. The highest BCUT2D eigenvalue weighted by Crippen LogP contribution is 2.07. The van der Waals surface area contributed by atoms with Crippen molar-refractivity contribution in [3.63, 3.8) is 0 Å². The van der Waals surface area contributed by atoms with Gasteiger partial charge in [-0.05, 0) is 39.7 Å². The average molecular weight is 265 g/mol. The van der Waals surface area contributed by atoms with E-state index in [9.17, 15) is 9.59 Å². The number of ether oxygens (including phenoxy) is 1. The summed E-state index contributed by atoms with van der Waals surface area (Å²) in [6, 6.07) is 0. The molecule has 1 amide bonds. The lowest BCUT2D eigenvalue weighted by Gasteiger charge is -2.04. The minimum atomic E-state index is -0.552. The Balaban J connectivity index is 4.69. The van der Waals surface area contributed by atoms with E-state index in [0.717, 1.165) is 18.4 Å². The lowest BCUT2D eigenvalue weighted by atomic mass is 10.1. The van der Waals surface area contributed by atoms with Gasteiger partial charge in [-0.2, -0.15) is 0 Å². The molecule has 0 saturated heterocycles. The van der Waals surface area contributed by atoms with E-state index in [2.05, 4.69) is 30.0 Å². The predicted molar refractivity (Wildman–Crippen MR) is 76.3 cm³/mol. The van der Waals surface area contributed by atoms with E-state index < -0.39 is 5.97 Å². The summed E-state index contributed by atoms with van der Waals surface area (Å²) in [6.45, 7) is 7.45. The summed E-state index contributed by atoms with van der Waals surface area (Å²) in [5.74, 6) is -0.851. The van der Waals surface area contributed by atoms with Crippen LogP contribution in [0, 0.1) is 0 Å². The van der Waals surface area contributed by atoms with Crippen molar-refractivity contribution in [3.05, 3.63) is 35.1 Å². The van der Waals surface area contributed by atoms with Crippen LogP contribution in [-0.4, -0.2) is 19.0 Å². The number of nitrogens with one attached hydrogen (secondary N) is 1. The van der Waals surface area contributed by atoms with E-state index in [-0.39, 0.29) is 11.6 Å². The van der Waals surface area contributed by atoms with Crippen LogP contribution in [0.25, 0.3) is 0 Å². The maximum Gasteiger partial charge on any atom is 0.354 e. The van der Waals surface area contributed by atoms with Gasteiger partial charge in [0, 0.05) is 6.92 Å². The molecule has 0 radical (unpaired) electrons. The third kappa shape index (κ3) is 8.83. The molecular weight excluding hydrogens is 242 g/mol. The molecule has 0 heterocycles. The zero-order valence-corrected chi connectivity index (χ0v) is 12.4. The third-order valence-electron chi connectivity index (χ3n) is 2.34. The molecule has 0 aromatic rings. The van der Waals surface area contributed by atoms with Gasteiger partial charge in [-0.1, -0.05) is 23.3 Å². The maximum atomic E-state index is 11.4. The van der Waals surface area contributed by atoms with Crippen molar-refractivity contribution in [2.24, 2.45) is 0 Å². The summed E-state index contributed by atoms with van der Waals surface area (Å²) in [5.41, 5.74) is 2.57. The molecule has 0 aliphatic rings. The van der Waals surface area contributed by atoms with E-state index in [1.165, 1.54) is 19.6 Å². The van der Waals surface area contributed by atoms with Gasteiger partial charge in [0.05, 0.1) is 7.11 Å². The quantitative estimate of drug-likeness (QED) is 0.348. The Hall–Kier alpha value is -1.84. The summed E-state index contributed by atoms with van der Waals surface area (Å²) >= 11 is 0. The molecule has 4 heteroatoms. The van der Waals surface area contributed by atoms with Crippen molar-refractivity contribution in [1.29, 1.82) is 0 Å². The normalized spacial score (nSPS) is 11.8. The minimum absolute atomic E-state index is 0.150. The van der Waals surface area contributed by atoms with Crippen LogP contribution < -0.4 is 5.32 Å². The second kappa shape index (κ2) is 9.14. The second-order valence-electron chi connectivity index (χ2n) is 4.59. The highest BCUT2D eigenvalue weighted by atomic mass is 16.5. The third-order valence-corrected chi connectivity index (χ3v) is 2.34. The molecule has 0 spiro atoms. The highest BCUT2D eigenvalue weighted by Gasteiger charge is 2.09. The zero-order chi connectivity index (χ0) is 14.8. The fraction of sp³-hybridized carbons (Fsp3) is 0.467. The fourth-order valence-corrected chi connectivity index (χ4v) is 1.36. The van der Waals surface area contributed by atoms with Gasteiger partial charge in [0.25, 0.3) is 0 Å². The van der Waals surface area contributed by atoms with Crippen LogP contribution in [0.2, 0.25) is 0 Å². The number of rotatable bonds is 6. The maximum absolute atomic E-state index is 11.4. The lowest BCUT2D eigenvalue weighted by Crippen LogP contribution is -2.25. The van der Waals surface area contributed by atoms with Gasteiger partial charge in [-0.15, -0.1) is 0 Å². The zero-order valence-electron chi connectivity index (χ0n) is 12.4. The fourth-order valence-electron chi connectivity index (χ4n) is 1.36. The topological polar surface area (TPSA) is 55.4 Å². The monoisotopic (exact) mass is 265 g/mol. The van der Waals surface area contributed by atoms with Gasteiger partial charge >= 0.3 is 5.97 Å². The minimum Gasteiger partial charge on any atom is -0.464 e. The SMILES string of the molecule is COC(=O)/C(=C/C=C(\C)CCC=C(C)C)NC(C)=O. The summed E-state index contributed by atoms with van der Waals surface area (Å²) in [5, 5.41) is 2.45. The van der Waals surface area contributed by atoms with Crippen molar-refractivity contribution in [3.8, 4) is 0 Å². The number of amides is 1. The smallest absolute Gasteiger partial charge is 0.354 e. The molecule has 0 fully saturated rings. The second-order valence-corrected chi connectivity index (χ2v) is 4.59. The number of methoxy groups -OCH3 is 1. The Kier molecular flexibility index (Phi) is 8.25. The Bertz CT molecular complexity index is 413. The Morgan fingerprint density at radius 2 is 1.74 bits per heavy atom. The molecule has 0 saturated carbocycles. The summed E-state index contributed by atoms with van der Waals surface area (Å²) in [6.07, 6.45) is 7.44. The number of hydrogen-bond acceptors (Lipinski definition) is 3. The molecule has 0 aliphatic heterocycles. The van der Waals surface area contributed by atoms with Crippen molar-refractivity contribution in [2.45, 2.75) is 40.5 Å². The molecular formula is C15H23NO3. The molecule has 0 aromatic heterocycles. The van der Waals surface area contributed by atoms with E-state index in [0.29, 0.717) is 0 Å². The van der Waals surface area contributed by atoms with Gasteiger partial charge in [-0.3, -0.25) is 4.79 Å². The van der Waals surface area contributed by atoms with Crippen LogP contribution in [0.15, 0.2) is 35.1 Å². The van der Waals surface area contributed by atoms with Gasteiger partial charge < -0.3 is 10.1 Å². The largest absolute Gasteiger partial charge is 0.464 e. The Labute approximate surface area is 115 Å². The van der Waals surface area contributed by atoms with E-state index in [4.69, 9.17) is 0 Å². The van der Waals surface area contributed by atoms with Crippen LogP contribution in [0.4, 0.5) is 0 Å². The molecule has 4 nitrogen and oxygen atoms in total. The molecule has 0 aromatic carbocycles. The first-order valence-corrected chi connectivity index (χ1v) is 6.23. The Morgan fingerprint density at radius 1 is 1.11 bits per heavy atom. The van der Waals surface area contributed by atoms with Gasteiger partial charge in [0.15, 0.2) is 0 Å². The molecule has 106 valence electrons. The van der Waals surface area contributed by atoms with Crippen LogP contribution >= 0.6 is 0 Å². The van der Waals surface area contributed by atoms with Crippen molar-refractivity contribution >= 4 is 11.9 Å². The molecule has 19 heavy (non-hydrogen) atoms. The van der Waals surface area contributed by atoms with Crippen molar-refractivity contribution < 1.29 is 14.3 Å². The van der Waals surface area contributed by atoms with Gasteiger partial charge in [-0.25, -0.2) is 4.79 Å². The highest BCUT2D eigenvalue weighted by molar-refractivity contribution is 5.93. The number of carbonyl (C=O) groups is 2. The average Bonchev–Trinajstić information content (AvgIpc) is 2.32. The first-order chi connectivity index (χ1) is 8.86. The first kappa shape index (κ1) is 17.2. The van der Waals surface area contributed by atoms with Crippen LogP contribution in [0.5, 0.6) is 0 Å². The van der Waals surface area contributed by atoms with Gasteiger partial charge in [0.1, 0.15) is 5.70 Å². The van der Waals surface area contributed by atoms with E-state index in [1.807, 2.05) is 13.0 Å². The van der Waals surface area contributed by atoms with Crippen molar-refractivity contribution in [1.82, 2.24) is 5.32 Å². The number of esters is 1. The van der Waals surface area contributed by atoms with E-state index >= 15 is 0 Å². The Morgan fingerprint density at radius 3 is 2.21 bits per heavy atom. The van der Waals surface area contributed by atoms with Crippen molar-refractivity contribution in [2.75, 3.05) is 7.11 Å². The summed E-state index contributed by atoms with van der Waals surface area (Å²) in [7, 11) is 1.28. The van der Waals surface area contributed by atoms with E-state index in [1.54, 1.807) is 6.08 Å². The van der Waals surface area contributed by atoms with Crippen LogP contribution in [0.3, 0.4) is 0 Å². The predicted octanol–water partition coefficient (Wildman–Crippen LogP) is 2.87. The molecule has 0 bridgehead atoms. The molecule has 0 rings (SSSR count). The number of carbonyl (C=O) groups excluding carboxylic acids is 2. The summed E-state index contributed by atoms with van der Waals surface area (Å²) < 4.78 is 4.60. The van der Waals surface area contributed by atoms with Crippen LogP contribution in [-0.2, 0) is 14.3 Å². The number of hydrogen-bond donors (Lipinski definition) is 1. The molecule has 0 atom stereocenters. The number of allylic oxidation sites excluding steroid dienone is 5. The van der Waals surface area contributed by atoms with Gasteiger partial charge in [0.2, 0.25) is 5.91 Å². The molecule has 0 aliphatic carbocycles. The summed E-state index contributed by atoms with van der Waals surface area (Å²) in [4.78, 5) is 22.4. The molecule has 0 unspecified atom stereocenters. The molecule has 1 N–H and O–H groups in total. The lowest BCUT2D eigenvalue weighted by molar-refractivity contribution is -0.137. The standard InChI is InChI=1S/C15H23NO3/c1-11(2)7-6-8-12(3)9-10-14(15(18)19-5)16-13(4)17/h7,9-10H,6,8H2,1-5H3,(H,16,17)/b12-9+,14-10-. The van der Waals surface area contributed by atoms with Crippen LogP contribution in [0.1, 0.15) is 40.5 Å².